The van der Waals surface area contributed by atoms with Gasteiger partial charge in [-0.05, 0) is 18.2 Å². The number of aromatic nitrogens is 5. The first-order chi connectivity index (χ1) is 11.5. The summed E-state index contributed by atoms with van der Waals surface area (Å²) in [4.78, 5) is 28.1. The number of amides is 1. The van der Waals surface area contributed by atoms with E-state index in [4.69, 9.17) is 0 Å². The molecule has 1 amide bonds. The van der Waals surface area contributed by atoms with Gasteiger partial charge in [0.2, 0.25) is 0 Å². The van der Waals surface area contributed by atoms with Crippen molar-refractivity contribution in [1.82, 2.24) is 24.5 Å². The minimum atomic E-state index is -2.65. The van der Waals surface area contributed by atoms with Crippen LogP contribution in [0.15, 0.2) is 43.1 Å². The molecule has 0 atom stereocenters. The van der Waals surface area contributed by atoms with E-state index in [1.165, 1.54) is 24.5 Å². The van der Waals surface area contributed by atoms with Crippen molar-refractivity contribution in [2.24, 2.45) is 7.05 Å². The van der Waals surface area contributed by atoms with Crippen molar-refractivity contribution < 1.29 is 13.6 Å². The molecule has 1 N–H and O–H groups in total. The molecule has 0 unspecified atom stereocenters. The van der Waals surface area contributed by atoms with Crippen molar-refractivity contribution >= 4 is 11.6 Å². The number of carbonyl (C=O) groups excluding carboxylic acids is 1. The summed E-state index contributed by atoms with van der Waals surface area (Å²) in [6, 6.07) is 3.97. The molecule has 0 saturated heterocycles. The quantitative estimate of drug-likeness (QED) is 0.794. The lowest BCUT2D eigenvalue weighted by Gasteiger charge is -2.06. The molecule has 24 heavy (non-hydrogen) atoms. The Hall–Kier alpha value is -3.23. The molecule has 0 saturated carbocycles. The Morgan fingerprint density at radius 3 is 2.67 bits per heavy atom. The molecule has 3 heterocycles. The molecule has 0 radical (unpaired) electrons. The summed E-state index contributed by atoms with van der Waals surface area (Å²) in [5, 5.41) is 2.55. The Kier molecular flexibility index (Phi) is 4.23. The number of carbonyl (C=O) groups is 1. The summed E-state index contributed by atoms with van der Waals surface area (Å²) >= 11 is 0. The maximum absolute atomic E-state index is 12.5. The fraction of sp³-hybridized carbons (Fsp3) is 0.133. The Balaban J connectivity index is 1.79. The third-order valence-corrected chi connectivity index (χ3v) is 3.20. The van der Waals surface area contributed by atoms with E-state index in [1.807, 2.05) is 0 Å². The molecule has 0 bridgehead atoms. The van der Waals surface area contributed by atoms with Crippen LogP contribution in [0.2, 0.25) is 0 Å². The molecule has 0 aliphatic rings. The lowest BCUT2D eigenvalue weighted by Crippen LogP contribution is -2.15. The van der Waals surface area contributed by atoms with Gasteiger partial charge in [0.05, 0.1) is 24.4 Å². The van der Waals surface area contributed by atoms with Gasteiger partial charge in [-0.3, -0.25) is 9.78 Å². The van der Waals surface area contributed by atoms with E-state index in [1.54, 1.807) is 24.1 Å². The summed E-state index contributed by atoms with van der Waals surface area (Å²) in [5.41, 5.74) is 0.741. The highest BCUT2D eigenvalue weighted by molar-refractivity contribution is 6.02. The zero-order valence-electron chi connectivity index (χ0n) is 12.5. The minimum absolute atomic E-state index is 0.138. The molecular weight excluding hydrogens is 318 g/mol. The molecule has 9 heteroatoms. The summed E-state index contributed by atoms with van der Waals surface area (Å²) in [7, 11) is 1.79. The van der Waals surface area contributed by atoms with Crippen molar-refractivity contribution in [3.8, 4) is 11.5 Å². The average molecular weight is 330 g/mol. The van der Waals surface area contributed by atoms with Crippen LogP contribution in [0.5, 0.6) is 0 Å². The standard InChI is InChI=1S/C15H12F2N6O/c1-23-8-18-7-12(23)14-19-5-4-11(22-14)15(24)21-9-2-3-10(13(16)17)20-6-9/h2-8,13H,1H3,(H,21,24). The summed E-state index contributed by atoms with van der Waals surface area (Å²) in [5.74, 6) is -0.138. The maximum atomic E-state index is 12.5. The second-order valence-electron chi connectivity index (χ2n) is 4.88. The van der Waals surface area contributed by atoms with Crippen LogP contribution in [0.4, 0.5) is 14.5 Å². The van der Waals surface area contributed by atoms with Gasteiger partial charge in [0, 0.05) is 13.2 Å². The van der Waals surface area contributed by atoms with Gasteiger partial charge in [0.25, 0.3) is 12.3 Å². The molecule has 122 valence electrons. The zero-order chi connectivity index (χ0) is 17.1. The topological polar surface area (TPSA) is 85.6 Å². The van der Waals surface area contributed by atoms with Gasteiger partial charge in [-0.15, -0.1) is 0 Å². The van der Waals surface area contributed by atoms with Crippen molar-refractivity contribution in [1.29, 1.82) is 0 Å². The Bertz CT molecular complexity index is 862. The van der Waals surface area contributed by atoms with Crippen LogP contribution in [-0.2, 0) is 7.05 Å². The molecule has 0 spiro atoms. The predicted octanol–water partition coefficient (Wildman–Crippen LogP) is 2.46. The van der Waals surface area contributed by atoms with E-state index in [0.29, 0.717) is 17.2 Å². The lowest BCUT2D eigenvalue weighted by atomic mass is 10.3. The molecule has 7 nitrogen and oxygen atoms in total. The number of rotatable bonds is 4. The Labute approximate surface area is 135 Å². The Morgan fingerprint density at radius 2 is 2.04 bits per heavy atom. The van der Waals surface area contributed by atoms with E-state index in [9.17, 15) is 13.6 Å². The molecule has 0 aromatic carbocycles. The SMILES string of the molecule is Cn1cncc1-c1nccc(C(=O)Nc2ccc(C(F)F)nc2)n1. The number of halogens is 2. The van der Waals surface area contributed by atoms with Crippen molar-refractivity contribution in [3.63, 3.8) is 0 Å². The van der Waals surface area contributed by atoms with Gasteiger partial charge in [0.1, 0.15) is 17.1 Å². The highest BCUT2D eigenvalue weighted by Gasteiger charge is 2.13. The molecule has 3 aromatic rings. The third-order valence-electron chi connectivity index (χ3n) is 3.20. The van der Waals surface area contributed by atoms with Crippen LogP contribution in [0.3, 0.4) is 0 Å². The molecule has 3 rings (SSSR count). The van der Waals surface area contributed by atoms with Gasteiger partial charge >= 0.3 is 0 Å². The molecule has 0 aliphatic heterocycles. The number of pyridine rings is 1. The second kappa shape index (κ2) is 6.49. The van der Waals surface area contributed by atoms with Crippen molar-refractivity contribution in [2.75, 3.05) is 5.32 Å². The number of nitrogens with one attached hydrogen (secondary N) is 1. The van der Waals surface area contributed by atoms with Crippen LogP contribution in [0.25, 0.3) is 11.5 Å². The van der Waals surface area contributed by atoms with E-state index in [2.05, 4.69) is 25.3 Å². The van der Waals surface area contributed by atoms with Crippen molar-refractivity contribution in [3.05, 3.63) is 54.5 Å². The monoisotopic (exact) mass is 330 g/mol. The molecule has 0 aliphatic carbocycles. The molecule has 0 fully saturated rings. The van der Waals surface area contributed by atoms with Crippen LogP contribution in [0, 0.1) is 0 Å². The number of imidazole rings is 1. The van der Waals surface area contributed by atoms with E-state index in [0.717, 1.165) is 6.07 Å². The molecular formula is C15H12F2N6O. The molecule has 3 aromatic heterocycles. The number of aryl methyl sites for hydroxylation is 1. The summed E-state index contributed by atoms with van der Waals surface area (Å²) < 4.78 is 26.7. The highest BCUT2D eigenvalue weighted by Crippen LogP contribution is 2.18. The Morgan fingerprint density at radius 1 is 1.21 bits per heavy atom. The third kappa shape index (κ3) is 3.24. The van der Waals surface area contributed by atoms with E-state index < -0.39 is 12.3 Å². The van der Waals surface area contributed by atoms with Gasteiger partial charge < -0.3 is 9.88 Å². The average Bonchev–Trinajstić information content (AvgIpc) is 3.01. The number of hydrogen-bond acceptors (Lipinski definition) is 5. The first-order valence-electron chi connectivity index (χ1n) is 6.90. The first kappa shape index (κ1) is 15.7. The first-order valence-corrected chi connectivity index (χ1v) is 6.90. The largest absolute Gasteiger partial charge is 0.331 e. The summed E-state index contributed by atoms with van der Waals surface area (Å²) in [6.07, 6.45) is 3.16. The number of anilines is 1. The van der Waals surface area contributed by atoms with Crippen LogP contribution in [0.1, 0.15) is 22.6 Å². The van der Waals surface area contributed by atoms with Crippen LogP contribution in [-0.4, -0.2) is 30.4 Å². The van der Waals surface area contributed by atoms with E-state index >= 15 is 0 Å². The fourth-order valence-corrected chi connectivity index (χ4v) is 1.98. The lowest BCUT2D eigenvalue weighted by molar-refractivity contribution is 0.102. The fourth-order valence-electron chi connectivity index (χ4n) is 1.98. The van der Waals surface area contributed by atoms with Gasteiger partial charge in [-0.2, -0.15) is 0 Å². The predicted molar refractivity (Wildman–Crippen MR) is 81.4 cm³/mol. The van der Waals surface area contributed by atoms with Gasteiger partial charge in [-0.25, -0.2) is 23.7 Å². The second-order valence-corrected chi connectivity index (χ2v) is 4.88. The van der Waals surface area contributed by atoms with Gasteiger partial charge in [-0.1, -0.05) is 0 Å². The smallest absolute Gasteiger partial charge is 0.280 e. The normalized spacial score (nSPS) is 10.8. The zero-order valence-corrected chi connectivity index (χ0v) is 12.5. The number of alkyl halides is 2. The van der Waals surface area contributed by atoms with E-state index in [-0.39, 0.29) is 11.4 Å². The minimum Gasteiger partial charge on any atom is -0.331 e. The van der Waals surface area contributed by atoms with Crippen LogP contribution < -0.4 is 5.32 Å². The summed E-state index contributed by atoms with van der Waals surface area (Å²) in [6.45, 7) is 0. The number of hydrogen-bond donors (Lipinski definition) is 1. The number of nitrogens with zero attached hydrogens (tertiary/aromatic N) is 5. The van der Waals surface area contributed by atoms with Gasteiger partial charge in [0.15, 0.2) is 5.82 Å². The maximum Gasteiger partial charge on any atom is 0.280 e. The highest BCUT2D eigenvalue weighted by atomic mass is 19.3. The van der Waals surface area contributed by atoms with Crippen LogP contribution >= 0.6 is 0 Å². The van der Waals surface area contributed by atoms with Crippen molar-refractivity contribution in [2.45, 2.75) is 6.43 Å².